The normalized spacial score (nSPS) is 10.5. The topological polar surface area (TPSA) is 44.4 Å². The molecule has 1 amide bonds. The molecular formula is C21H28ClN3O. The Balaban J connectivity index is 1.80. The van der Waals surface area contributed by atoms with Crippen molar-refractivity contribution in [2.45, 2.75) is 33.7 Å². The maximum absolute atomic E-state index is 12.0. The summed E-state index contributed by atoms with van der Waals surface area (Å²) < 4.78 is 0. The molecule has 0 unspecified atom stereocenters. The van der Waals surface area contributed by atoms with Crippen LogP contribution in [0.25, 0.3) is 0 Å². The quantitative estimate of drug-likeness (QED) is 0.674. The second-order valence-electron chi connectivity index (χ2n) is 6.22. The van der Waals surface area contributed by atoms with Crippen molar-refractivity contribution in [3.8, 4) is 0 Å². The molecule has 0 aliphatic carbocycles. The van der Waals surface area contributed by atoms with E-state index < -0.39 is 0 Å². The predicted molar refractivity (Wildman–Crippen MR) is 111 cm³/mol. The van der Waals surface area contributed by atoms with Crippen molar-refractivity contribution in [1.29, 1.82) is 0 Å². The molecule has 0 bridgehead atoms. The Morgan fingerprint density at radius 3 is 2.50 bits per heavy atom. The Labute approximate surface area is 161 Å². The number of hydrogen-bond donors (Lipinski definition) is 2. The van der Waals surface area contributed by atoms with Gasteiger partial charge in [-0.2, -0.15) is 0 Å². The van der Waals surface area contributed by atoms with E-state index in [9.17, 15) is 4.79 Å². The van der Waals surface area contributed by atoms with Crippen LogP contribution in [0.15, 0.2) is 42.5 Å². The van der Waals surface area contributed by atoms with Gasteiger partial charge in [-0.15, -0.1) is 0 Å². The summed E-state index contributed by atoms with van der Waals surface area (Å²) in [5, 5.41) is 6.94. The van der Waals surface area contributed by atoms with E-state index in [0.29, 0.717) is 24.5 Å². The van der Waals surface area contributed by atoms with Crippen LogP contribution in [0.2, 0.25) is 5.02 Å². The number of nitrogens with one attached hydrogen (secondary N) is 2. The van der Waals surface area contributed by atoms with Gasteiger partial charge in [0.2, 0.25) is 5.91 Å². The first kappa shape index (κ1) is 20.1. The molecule has 0 spiro atoms. The number of nitrogens with zero attached hydrogens (tertiary/aromatic N) is 1. The number of halogens is 1. The average molecular weight is 374 g/mol. The monoisotopic (exact) mass is 373 g/mol. The lowest BCUT2D eigenvalue weighted by Gasteiger charge is -2.22. The minimum Gasteiger partial charge on any atom is -0.384 e. The summed E-state index contributed by atoms with van der Waals surface area (Å²) in [6, 6.07) is 13.9. The molecule has 0 radical (unpaired) electrons. The van der Waals surface area contributed by atoms with Crippen LogP contribution in [0, 0.1) is 6.92 Å². The Hall–Kier alpha value is -2.20. The molecule has 0 aliphatic heterocycles. The van der Waals surface area contributed by atoms with E-state index in [2.05, 4.69) is 54.5 Å². The summed E-state index contributed by atoms with van der Waals surface area (Å²) in [5.41, 5.74) is 4.42. The van der Waals surface area contributed by atoms with E-state index >= 15 is 0 Å². The van der Waals surface area contributed by atoms with Gasteiger partial charge in [-0.25, -0.2) is 0 Å². The van der Waals surface area contributed by atoms with Gasteiger partial charge in [-0.3, -0.25) is 4.79 Å². The lowest BCUT2D eigenvalue weighted by atomic mass is 10.1. The number of aryl methyl sites for hydroxylation is 1. The number of carbonyl (C=O) groups excluding carboxylic acids is 1. The second-order valence-corrected chi connectivity index (χ2v) is 6.62. The largest absolute Gasteiger partial charge is 0.384 e. The zero-order chi connectivity index (χ0) is 18.9. The van der Waals surface area contributed by atoms with Gasteiger partial charge < -0.3 is 15.5 Å². The molecule has 0 saturated carbocycles. The summed E-state index contributed by atoms with van der Waals surface area (Å²) in [7, 11) is 0. The van der Waals surface area contributed by atoms with Crippen molar-refractivity contribution in [2.24, 2.45) is 0 Å². The van der Waals surface area contributed by atoms with Gasteiger partial charge >= 0.3 is 0 Å². The Bertz CT molecular complexity index is 729. The van der Waals surface area contributed by atoms with Gasteiger partial charge in [-0.1, -0.05) is 29.8 Å². The highest BCUT2D eigenvalue weighted by molar-refractivity contribution is 6.31. The summed E-state index contributed by atoms with van der Waals surface area (Å²) >= 11 is 6.10. The molecule has 5 heteroatoms. The minimum absolute atomic E-state index is 0.00911. The standard InChI is InChI=1S/C21H28ClN3O/c1-4-25(5-2)18-10-11-20(16(3)14-18)23-13-12-21(26)24-15-17-8-6-7-9-19(17)22/h6-11,14,23H,4-5,12-13,15H2,1-3H3,(H,24,26). The third-order valence-electron chi connectivity index (χ3n) is 4.44. The van der Waals surface area contributed by atoms with Crippen LogP contribution in [0.4, 0.5) is 11.4 Å². The highest BCUT2D eigenvalue weighted by Crippen LogP contribution is 2.22. The van der Waals surface area contributed by atoms with Crippen molar-refractivity contribution in [3.05, 3.63) is 58.6 Å². The van der Waals surface area contributed by atoms with Crippen molar-refractivity contribution >= 4 is 28.9 Å². The smallest absolute Gasteiger partial charge is 0.222 e. The van der Waals surface area contributed by atoms with E-state index in [1.807, 2.05) is 24.3 Å². The molecule has 4 nitrogen and oxygen atoms in total. The number of carbonyl (C=O) groups is 1. The fourth-order valence-corrected chi connectivity index (χ4v) is 3.07. The maximum Gasteiger partial charge on any atom is 0.222 e. The van der Waals surface area contributed by atoms with Crippen molar-refractivity contribution in [3.63, 3.8) is 0 Å². The lowest BCUT2D eigenvalue weighted by Crippen LogP contribution is -2.25. The number of hydrogen-bond acceptors (Lipinski definition) is 3. The minimum atomic E-state index is 0.00911. The van der Waals surface area contributed by atoms with Crippen molar-refractivity contribution in [2.75, 3.05) is 29.9 Å². The van der Waals surface area contributed by atoms with Crippen LogP contribution < -0.4 is 15.5 Å². The van der Waals surface area contributed by atoms with E-state index in [1.165, 1.54) is 11.3 Å². The molecule has 0 aromatic heterocycles. The second kappa shape index (κ2) is 10.1. The molecule has 0 atom stereocenters. The highest BCUT2D eigenvalue weighted by Gasteiger charge is 2.06. The summed E-state index contributed by atoms with van der Waals surface area (Å²) in [6.07, 6.45) is 0.418. The van der Waals surface area contributed by atoms with Crippen molar-refractivity contribution < 1.29 is 4.79 Å². The number of rotatable bonds is 9. The Morgan fingerprint density at radius 1 is 1.12 bits per heavy atom. The fraction of sp³-hybridized carbons (Fsp3) is 0.381. The molecule has 0 fully saturated rings. The zero-order valence-corrected chi connectivity index (χ0v) is 16.6. The molecule has 2 N–H and O–H groups in total. The molecule has 2 rings (SSSR count). The van der Waals surface area contributed by atoms with Gasteiger partial charge in [0.15, 0.2) is 0 Å². The van der Waals surface area contributed by atoms with Crippen LogP contribution in [0.5, 0.6) is 0 Å². The first-order valence-electron chi connectivity index (χ1n) is 9.14. The van der Waals surface area contributed by atoms with Crippen LogP contribution >= 0.6 is 11.6 Å². The van der Waals surface area contributed by atoms with E-state index in [4.69, 9.17) is 11.6 Å². The molecule has 140 valence electrons. The number of anilines is 2. The highest BCUT2D eigenvalue weighted by atomic mass is 35.5. The molecule has 0 aliphatic rings. The van der Waals surface area contributed by atoms with Gasteiger partial charge in [-0.05, 0) is 56.2 Å². The third-order valence-corrected chi connectivity index (χ3v) is 4.81. The number of benzene rings is 2. The molecule has 0 saturated heterocycles. The van der Waals surface area contributed by atoms with Gasteiger partial charge in [0.25, 0.3) is 0 Å². The summed E-state index contributed by atoms with van der Waals surface area (Å²) in [4.78, 5) is 14.3. The van der Waals surface area contributed by atoms with Gasteiger partial charge in [0.05, 0.1) is 0 Å². The zero-order valence-electron chi connectivity index (χ0n) is 15.8. The van der Waals surface area contributed by atoms with Crippen LogP contribution in [-0.2, 0) is 11.3 Å². The van der Waals surface area contributed by atoms with Gasteiger partial charge in [0.1, 0.15) is 0 Å². The first-order chi connectivity index (χ1) is 12.5. The van der Waals surface area contributed by atoms with Crippen LogP contribution in [0.3, 0.4) is 0 Å². The molecule has 2 aromatic rings. The van der Waals surface area contributed by atoms with Crippen LogP contribution in [0.1, 0.15) is 31.4 Å². The van der Waals surface area contributed by atoms with E-state index in [-0.39, 0.29) is 5.91 Å². The van der Waals surface area contributed by atoms with Crippen molar-refractivity contribution in [1.82, 2.24) is 5.32 Å². The average Bonchev–Trinajstić information content (AvgIpc) is 2.64. The van der Waals surface area contributed by atoms with Gasteiger partial charge in [0, 0.05) is 49.0 Å². The van der Waals surface area contributed by atoms with E-state index in [1.54, 1.807) is 0 Å². The van der Waals surface area contributed by atoms with Crippen LogP contribution in [-0.4, -0.2) is 25.5 Å². The molecule has 0 heterocycles. The maximum atomic E-state index is 12.0. The SMILES string of the molecule is CCN(CC)c1ccc(NCCC(=O)NCc2ccccc2Cl)c(C)c1. The van der Waals surface area contributed by atoms with E-state index in [0.717, 1.165) is 24.3 Å². The predicted octanol–water partition coefficient (Wildman–Crippen LogP) is 4.61. The summed E-state index contributed by atoms with van der Waals surface area (Å²) in [5.74, 6) is 0.00911. The lowest BCUT2D eigenvalue weighted by molar-refractivity contribution is -0.121. The molecular weight excluding hydrogens is 346 g/mol. The number of amides is 1. The fourth-order valence-electron chi connectivity index (χ4n) is 2.87. The Morgan fingerprint density at radius 2 is 1.85 bits per heavy atom. The first-order valence-corrected chi connectivity index (χ1v) is 9.52. The molecule has 2 aromatic carbocycles. The Kier molecular flexibility index (Phi) is 7.79. The third kappa shape index (κ3) is 5.67. The summed E-state index contributed by atoms with van der Waals surface area (Å²) in [6.45, 7) is 9.45. The molecule has 26 heavy (non-hydrogen) atoms.